The van der Waals surface area contributed by atoms with Gasteiger partial charge in [0.05, 0.1) is 31.0 Å². The van der Waals surface area contributed by atoms with Gasteiger partial charge < -0.3 is 14.8 Å². The van der Waals surface area contributed by atoms with Gasteiger partial charge in [0.25, 0.3) is 0 Å². The molecule has 0 unspecified atom stereocenters. The largest absolute Gasteiger partial charge is 0.465 e. The molecule has 0 spiro atoms. The number of thiophene rings is 1. The predicted octanol–water partition coefficient (Wildman–Crippen LogP) is 2.97. The van der Waals surface area contributed by atoms with Crippen LogP contribution in [0.1, 0.15) is 25.6 Å². The third kappa shape index (κ3) is 4.30. The number of rotatable bonds is 5. The van der Waals surface area contributed by atoms with Gasteiger partial charge in [-0.2, -0.15) is 0 Å². The number of benzene rings is 1. The van der Waals surface area contributed by atoms with Crippen LogP contribution in [-0.2, 0) is 14.3 Å². The number of nitrogens with one attached hydrogen (secondary N) is 1. The van der Waals surface area contributed by atoms with E-state index in [0.717, 1.165) is 4.88 Å². The molecule has 1 heterocycles. The van der Waals surface area contributed by atoms with E-state index in [4.69, 9.17) is 0 Å². The molecule has 2 rings (SSSR count). The predicted molar refractivity (Wildman–Crippen MR) is 91.1 cm³/mol. The number of carbonyl (C=O) groups is 3. The summed E-state index contributed by atoms with van der Waals surface area (Å²) in [4.78, 5) is 36.4. The van der Waals surface area contributed by atoms with Gasteiger partial charge in [-0.05, 0) is 35.7 Å². The van der Waals surface area contributed by atoms with Gasteiger partial charge in [-0.25, -0.2) is 9.59 Å². The Kier molecular flexibility index (Phi) is 5.86. The molecule has 0 bridgehead atoms. The molecule has 0 aliphatic rings. The highest BCUT2D eigenvalue weighted by Crippen LogP contribution is 2.20. The van der Waals surface area contributed by atoms with Crippen LogP contribution < -0.4 is 5.32 Å². The maximum absolute atomic E-state index is 12.1. The highest BCUT2D eigenvalue weighted by atomic mass is 32.1. The fourth-order valence-electron chi connectivity index (χ4n) is 1.90. The van der Waals surface area contributed by atoms with Crippen LogP contribution in [0.5, 0.6) is 0 Å². The summed E-state index contributed by atoms with van der Waals surface area (Å²) in [6.45, 7) is 0. The zero-order valence-electron chi connectivity index (χ0n) is 13.1. The topological polar surface area (TPSA) is 81.7 Å². The maximum Gasteiger partial charge on any atom is 0.339 e. The number of amides is 1. The van der Waals surface area contributed by atoms with Crippen molar-refractivity contribution >= 4 is 40.9 Å². The Morgan fingerprint density at radius 2 is 1.83 bits per heavy atom. The van der Waals surface area contributed by atoms with Gasteiger partial charge in [0.15, 0.2) is 0 Å². The van der Waals surface area contributed by atoms with Crippen molar-refractivity contribution in [2.75, 3.05) is 19.5 Å². The lowest BCUT2D eigenvalue weighted by molar-refractivity contribution is -0.111. The summed E-state index contributed by atoms with van der Waals surface area (Å²) < 4.78 is 9.32. The van der Waals surface area contributed by atoms with Crippen molar-refractivity contribution in [3.63, 3.8) is 0 Å². The molecule has 0 saturated heterocycles. The second-order valence-electron chi connectivity index (χ2n) is 4.58. The Labute approximate surface area is 142 Å². The van der Waals surface area contributed by atoms with Gasteiger partial charge >= 0.3 is 11.9 Å². The van der Waals surface area contributed by atoms with E-state index >= 15 is 0 Å². The second kappa shape index (κ2) is 8.07. The Morgan fingerprint density at radius 1 is 1.08 bits per heavy atom. The van der Waals surface area contributed by atoms with E-state index < -0.39 is 17.8 Å². The SMILES string of the molecule is COC(=O)c1ccc(C(=O)OC)c(NC(=O)/C=C\c2cccs2)c1. The summed E-state index contributed by atoms with van der Waals surface area (Å²) in [5.41, 5.74) is 0.524. The summed E-state index contributed by atoms with van der Waals surface area (Å²) in [7, 11) is 2.48. The van der Waals surface area contributed by atoms with E-state index in [1.165, 1.54) is 49.8 Å². The van der Waals surface area contributed by atoms with E-state index in [-0.39, 0.29) is 16.8 Å². The Bertz CT molecular complexity index is 780. The standard InChI is InChI=1S/C17H15NO5S/c1-22-16(20)11-5-7-13(17(21)23-2)14(10-11)18-15(19)8-6-12-4-3-9-24-12/h3-10H,1-2H3,(H,18,19)/b8-6-. The van der Waals surface area contributed by atoms with Gasteiger partial charge in [-0.1, -0.05) is 6.07 Å². The summed E-state index contributed by atoms with van der Waals surface area (Å²) in [5.74, 6) is -1.63. The van der Waals surface area contributed by atoms with Gasteiger partial charge in [0.2, 0.25) is 5.91 Å². The minimum Gasteiger partial charge on any atom is -0.465 e. The molecule has 124 valence electrons. The zero-order valence-corrected chi connectivity index (χ0v) is 13.9. The number of anilines is 1. The first-order chi connectivity index (χ1) is 11.5. The van der Waals surface area contributed by atoms with Crippen LogP contribution in [-0.4, -0.2) is 32.1 Å². The highest BCUT2D eigenvalue weighted by Gasteiger charge is 2.16. The number of hydrogen-bond donors (Lipinski definition) is 1. The van der Waals surface area contributed by atoms with Crippen LogP contribution in [0.25, 0.3) is 6.08 Å². The van der Waals surface area contributed by atoms with E-state index in [1.807, 2.05) is 17.5 Å². The van der Waals surface area contributed by atoms with Crippen LogP contribution in [0.2, 0.25) is 0 Å². The molecule has 0 radical (unpaired) electrons. The zero-order chi connectivity index (χ0) is 17.5. The molecule has 6 nitrogen and oxygen atoms in total. The molecule has 24 heavy (non-hydrogen) atoms. The molecule has 0 fully saturated rings. The third-order valence-corrected chi connectivity index (χ3v) is 3.88. The maximum atomic E-state index is 12.1. The molecular weight excluding hydrogens is 330 g/mol. The molecular formula is C17H15NO5S. The van der Waals surface area contributed by atoms with Crippen molar-refractivity contribution in [1.29, 1.82) is 0 Å². The average Bonchev–Trinajstić information content (AvgIpc) is 3.12. The Balaban J connectivity index is 2.26. The number of ether oxygens (including phenoxy) is 2. The Hall–Kier alpha value is -2.93. The van der Waals surface area contributed by atoms with Crippen molar-refractivity contribution < 1.29 is 23.9 Å². The number of carbonyl (C=O) groups excluding carboxylic acids is 3. The molecule has 0 aliphatic heterocycles. The molecule has 0 aliphatic carbocycles. The monoisotopic (exact) mass is 345 g/mol. The smallest absolute Gasteiger partial charge is 0.339 e. The lowest BCUT2D eigenvalue weighted by Gasteiger charge is -2.10. The van der Waals surface area contributed by atoms with Crippen molar-refractivity contribution in [1.82, 2.24) is 0 Å². The molecule has 1 amide bonds. The third-order valence-electron chi connectivity index (χ3n) is 3.05. The van der Waals surface area contributed by atoms with Crippen molar-refractivity contribution in [2.45, 2.75) is 0 Å². The number of hydrogen-bond acceptors (Lipinski definition) is 6. The van der Waals surface area contributed by atoms with Gasteiger partial charge in [-0.15, -0.1) is 11.3 Å². The summed E-state index contributed by atoms with van der Waals surface area (Å²) in [6.07, 6.45) is 3.00. The number of esters is 2. The summed E-state index contributed by atoms with van der Waals surface area (Å²) in [5, 5.41) is 4.47. The van der Waals surface area contributed by atoms with E-state index in [0.29, 0.717) is 0 Å². The van der Waals surface area contributed by atoms with Crippen LogP contribution in [0.3, 0.4) is 0 Å². The Morgan fingerprint density at radius 3 is 2.46 bits per heavy atom. The van der Waals surface area contributed by atoms with Crippen molar-refractivity contribution in [3.8, 4) is 0 Å². The average molecular weight is 345 g/mol. The van der Waals surface area contributed by atoms with Gasteiger partial charge in [-0.3, -0.25) is 4.79 Å². The first kappa shape index (κ1) is 17.4. The lowest BCUT2D eigenvalue weighted by Crippen LogP contribution is -2.14. The first-order valence-corrected chi connectivity index (χ1v) is 7.76. The van der Waals surface area contributed by atoms with E-state index in [2.05, 4.69) is 14.8 Å². The molecule has 1 aromatic carbocycles. The van der Waals surface area contributed by atoms with Crippen LogP contribution in [0.4, 0.5) is 5.69 Å². The van der Waals surface area contributed by atoms with Gasteiger partial charge in [0.1, 0.15) is 0 Å². The molecule has 1 aromatic heterocycles. The normalized spacial score (nSPS) is 10.4. The highest BCUT2D eigenvalue weighted by molar-refractivity contribution is 7.10. The second-order valence-corrected chi connectivity index (χ2v) is 5.56. The van der Waals surface area contributed by atoms with Crippen LogP contribution in [0, 0.1) is 0 Å². The number of methoxy groups -OCH3 is 2. The lowest BCUT2D eigenvalue weighted by atomic mass is 10.1. The van der Waals surface area contributed by atoms with Crippen molar-refractivity contribution in [3.05, 3.63) is 57.8 Å². The van der Waals surface area contributed by atoms with Crippen LogP contribution in [0.15, 0.2) is 41.8 Å². The quantitative estimate of drug-likeness (QED) is 0.665. The van der Waals surface area contributed by atoms with Crippen molar-refractivity contribution in [2.24, 2.45) is 0 Å². The molecule has 7 heteroatoms. The fourth-order valence-corrected chi connectivity index (χ4v) is 2.52. The minimum absolute atomic E-state index is 0.142. The van der Waals surface area contributed by atoms with Gasteiger partial charge in [0, 0.05) is 11.0 Å². The first-order valence-electron chi connectivity index (χ1n) is 6.88. The molecule has 2 aromatic rings. The fraction of sp³-hybridized carbons (Fsp3) is 0.118. The minimum atomic E-state index is -0.621. The molecule has 0 saturated carbocycles. The van der Waals surface area contributed by atoms with Crippen LogP contribution >= 0.6 is 11.3 Å². The molecule has 0 atom stereocenters. The summed E-state index contributed by atoms with van der Waals surface area (Å²) in [6, 6.07) is 7.94. The van der Waals surface area contributed by atoms with E-state index in [1.54, 1.807) is 6.08 Å². The summed E-state index contributed by atoms with van der Waals surface area (Å²) >= 11 is 1.49. The van der Waals surface area contributed by atoms with E-state index in [9.17, 15) is 14.4 Å². The molecule has 1 N–H and O–H groups in total.